The number of rotatable bonds is 4. The second-order valence-electron chi connectivity index (χ2n) is 4.34. The van der Waals surface area contributed by atoms with Gasteiger partial charge >= 0.3 is 0 Å². The molecule has 0 aromatic carbocycles. The molecule has 1 saturated carbocycles. The summed E-state index contributed by atoms with van der Waals surface area (Å²) in [4.78, 5) is 4.09. The van der Waals surface area contributed by atoms with Gasteiger partial charge in [0, 0.05) is 13.1 Å². The topological polar surface area (TPSA) is 69.8 Å². The highest BCUT2D eigenvalue weighted by molar-refractivity contribution is 14.0. The van der Waals surface area contributed by atoms with Crippen LogP contribution in [0.5, 0.6) is 0 Å². The zero-order valence-corrected chi connectivity index (χ0v) is 13.0. The number of aryl methyl sites for hydroxylation is 1. The summed E-state index contributed by atoms with van der Waals surface area (Å²) < 4.78 is 5.35. The van der Waals surface area contributed by atoms with Crippen LogP contribution in [0, 0.1) is 6.92 Å². The van der Waals surface area contributed by atoms with E-state index in [1.165, 1.54) is 12.8 Å². The van der Waals surface area contributed by atoms with Crippen LogP contribution in [0.3, 0.4) is 0 Å². The SMILES string of the molecule is CN=C(NCC(O)c1ccc(C)o1)NC1CC1.I. The Bertz CT molecular complexity index is 402. The molecule has 1 aliphatic rings. The van der Waals surface area contributed by atoms with Gasteiger partial charge in [-0.25, -0.2) is 0 Å². The van der Waals surface area contributed by atoms with E-state index < -0.39 is 6.10 Å². The van der Waals surface area contributed by atoms with Crippen molar-refractivity contribution in [3.63, 3.8) is 0 Å². The molecule has 1 aromatic heterocycles. The molecule has 18 heavy (non-hydrogen) atoms. The van der Waals surface area contributed by atoms with E-state index in [9.17, 15) is 5.11 Å². The molecular formula is C12H20IN3O2. The van der Waals surface area contributed by atoms with Crippen molar-refractivity contribution in [1.29, 1.82) is 0 Å². The number of aliphatic hydroxyl groups is 1. The number of nitrogens with one attached hydrogen (secondary N) is 2. The Balaban J connectivity index is 0.00000162. The lowest BCUT2D eigenvalue weighted by atomic mass is 10.3. The highest BCUT2D eigenvalue weighted by Crippen LogP contribution is 2.18. The molecule has 0 saturated heterocycles. The minimum Gasteiger partial charge on any atom is -0.464 e. The highest BCUT2D eigenvalue weighted by Gasteiger charge is 2.22. The molecular weight excluding hydrogens is 345 g/mol. The number of furan rings is 1. The zero-order valence-electron chi connectivity index (χ0n) is 10.6. The minimum absolute atomic E-state index is 0. The minimum atomic E-state index is -0.651. The fraction of sp³-hybridized carbons (Fsp3) is 0.583. The summed E-state index contributed by atoms with van der Waals surface area (Å²) in [7, 11) is 1.72. The van der Waals surface area contributed by atoms with Gasteiger partial charge < -0.3 is 20.2 Å². The third-order valence-electron chi connectivity index (χ3n) is 2.69. The van der Waals surface area contributed by atoms with E-state index >= 15 is 0 Å². The van der Waals surface area contributed by atoms with Crippen LogP contribution in [-0.4, -0.2) is 30.7 Å². The quantitative estimate of drug-likeness (QED) is 0.430. The maximum absolute atomic E-state index is 9.89. The lowest BCUT2D eigenvalue weighted by molar-refractivity contribution is 0.151. The Morgan fingerprint density at radius 3 is 2.78 bits per heavy atom. The van der Waals surface area contributed by atoms with E-state index in [4.69, 9.17) is 4.42 Å². The Hall–Kier alpha value is -0.760. The molecule has 0 amide bonds. The number of guanidine groups is 1. The molecule has 5 nitrogen and oxygen atoms in total. The first-order valence-corrected chi connectivity index (χ1v) is 5.90. The van der Waals surface area contributed by atoms with Gasteiger partial charge in [0.25, 0.3) is 0 Å². The zero-order chi connectivity index (χ0) is 12.3. The van der Waals surface area contributed by atoms with E-state index in [1.807, 2.05) is 13.0 Å². The maximum atomic E-state index is 9.89. The van der Waals surface area contributed by atoms with Crippen molar-refractivity contribution in [2.45, 2.75) is 31.9 Å². The van der Waals surface area contributed by atoms with Crippen LogP contribution in [0.1, 0.15) is 30.5 Å². The smallest absolute Gasteiger partial charge is 0.191 e. The Morgan fingerprint density at radius 2 is 2.28 bits per heavy atom. The molecule has 1 aliphatic carbocycles. The van der Waals surface area contributed by atoms with Crippen molar-refractivity contribution in [2.75, 3.05) is 13.6 Å². The molecule has 2 rings (SSSR count). The average molecular weight is 365 g/mol. The van der Waals surface area contributed by atoms with Gasteiger partial charge in [0.05, 0.1) is 6.54 Å². The third kappa shape index (κ3) is 4.49. The van der Waals surface area contributed by atoms with Crippen LogP contribution in [-0.2, 0) is 0 Å². The average Bonchev–Trinajstić information content (AvgIpc) is 3.04. The molecule has 6 heteroatoms. The predicted octanol–water partition coefficient (Wildman–Crippen LogP) is 1.57. The molecule has 1 fully saturated rings. The highest BCUT2D eigenvalue weighted by atomic mass is 127. The summed E-state index contributed by atoms with van der Waals surface area (Å²) in [5.74, 6) is 2.12. The fourth-order valence-electron chi connectivity index (χ4n) is 1.54. The number of halogens is 1. The molecule has 3 N–H and O–H groups in total. The summed E-state index contributed by atoms with van der Waals surface area (Å²) in [6, 6.07) is 4.18. The van der Waals surface area contributed by atoms with Crippen LogP contribution < -0.4 is 10.6 Å². The summed E-state index contributed by atoms with van der Waals surface area (Å²) in [5.41, 5.74) is 0. The number of aliphatic hydroxyl groups excluding tert-OH is 1. The van der Waals surface area contributed by atoms with Gasteiger partial charge in [0.1, 0.15) is 17.6 Å². The molecule has 1 heterocycles. The molecule has 1 unspecified atom stereocenters. The van der Waals surface area contributed by atoms with Crippen LogP contribution in [0.15, 0.2) is 21.5 Å². The number of nitrogens with zero attached hydrogens (tertiary/aromatic N) is 1. The predicted molar refractivity (Wildman–Crippen MR) is 81.3 cm³/mol. The third-order valence-corrected chi connectivity index (χ3v) is 2.69. The first kappa shape index (κ1) is 15.3. The van der Waals surface area contributed by atoms with Gasteiger partial charge in [-0.05, 0) is 31.9 Å². The Kier molecular flexibility index (Phi) is 5.94. The summed E-state index contributed by atoms with van der Waals surface area (Å²) in [6.45, 7) is 2.25. The summed E-state index contributed by atoms with van der Waals surface area (Å²) >= 11 is 0. The second kappa shape index (κ2) is 6.98. The summed E-state index contributed by atoms with van der Waals surface area (Å²) in [6.07, 6.45) is 1.74. The van der Waals surface area contributed by atoms with Crippen LogP contribution >= 0.6 is 24.0 Å². The molecule has 0 bridgehead atoms. The van der Waals surface area contributed by atoms with E-state index in [2.05, 4.69) is 15.6 Å². The van der Waals surface area contributed by atoms with E-state index in [0.717, 1.165) is 11.7 Å². The van der Waals surface area contributed by atoms with Crippen molar-refractivity contribution < 1.29 is 9.52 Å². The van der Waals surface area contributed by atoms with Crippen molar-refractivity contribution in [3.8, 4) is 0 Å². The van der Waals surface area contributed by atoms with Gasteiger partial charge in [-0.3, -0.25) is 4.99 Å². The van der Waals surface area contributed by atoms with Gasteiger partial charge in [0.2, 0.25) is 0 Å². The molecule has 1 atom stereocenters. The lowest BCUT2D eigenvalue weighted by Crippen LogP contribution is -2.40. The van der Waals surface area contributed by atoms with Gasteiger partial charge in [-0.1, -0.05) is 0 Å². The normalized spacial score (nSPS) is 16.9. The molecule has 0 radical (unpaired) electrons. The number of hydrogen-bond acceptors (Lipinski definition) is 3. The van der Waals surface area contributed by atoms with Gasteiger partial charge in [0.15, 0.2) is 5.96 Å². The molecule has 102 valence electrons. The van der Waals surface area contributed by atoms with Crippen LogP contribution in [0.4, 0.5) is 0 Å². The van der Waals surface area contributed by atoms with Crippen molar-refractivity contribution >= 4 is 29.9 Å². The lowest BCUT2D eigenvalue weighted by Gasteiger charge is -2.13. The van der Waals surface area contributed by atoms with Crippen molar-refractivity contribution in [1.82, 2.24) is 10.6 Å². The monoisotopic (exact) mass is 365 g/mol. The first-order chi connectivity index (χ1) is 8.19. The van der Waals surface area contributed by atoms with Gasteiger partial charge in [-0.2, -0.15) is 0 Å². The number of aliphatic imine (C=N–C) groups is 1. The Labute approximate surface area is 124 Å². The van der Waals surface area contributed by atoms with Crippen LogP contribution in [0.25, 0.3) is 0 Å². The largest absolute Gasteiger partial charge is 0.464 e. The van der Waals surface area contributed by atoms with Crippen LogP contribution in [0.2, 0.25) is 0 Å². The van der Waals surface area contributed by atoms with Crippen molar-refractivity contribution in [2.24, 2.45) is 4.99 Å². The standard InChI is InChI=1S/C12H19N3O2.HI/c1-8-3-6-11(17-8)10(16)7-14-12(13-2)15-9-4-5-9;/h3,6,9-10,16H,4-5,7H2,1-2H3,(H2,13,14,15);1H. The van der Waals surface area contributed by atoms with E-state index in [-0.39, 0.29) is 24.0 Å². The Morgan fingerprint density at radius 1 is 1.56 bits per heavy atom. The number of hydrogen-bond donors (Lipinski definition) is 3. The molecule has 1 aromatic rings. The van der Waals surface area contributed by atoms with E-state index in [1.54, 1.807) is 13.1 Å². The van der Waals surface area contributed by atoms with Crippen molar-refractivity contribution in [3.05, 3.63) is 23.7 Å². The second-order valence-corrected chi connectivity index (χ2v) is 4.34. The van der Waals surface area contributed by atoms with E-state index in [0.29, 0.717) is 18.3 Å². The molecule has 0 aliphatic heterocycles. The maximum Gasteiger partial charge on any atom is 0.191 e. The molecule has 0 spiro atoms. The summed E-state index contributed by atoms with van der Waals surface area (Å²) in [5, 5.41) is 16.2. The fourth-order valence-corrected chi connectivity index (χ4v) is 1.54. The van der Waals surface area contributed by atoms with Gasteiger partial charge in [-0.15, -0.1) is 24.0 Å². The first-order valence-electron chi connectivity index (χ1n) is 5.90.